The van der Waals surface area contributed by atoms with Crippen molar-refractivity contribution < 1.29 is 4.74 Å². The SMILES string of the molecule is CC1(C)CNCCN1CCOc1cccc(Br)c1. The zero-order valence-corrected chi connectivity index (χ0v) is 12.7. The van der Waals surface area contributed by atoms with E-state index in [9.17, 15) is 0 Å². The first-order chi connectivity index (χ1) is 8.58. The first kappa shape index (κ1) is 13.8. The molecule has 1 aliphatic heterocycles. The smallest absolute Gasteiger partial charge is 0.120 e. The van der Waals surface area contributed by atoms with E-state index in [2.05, 4.69) is 40.0 Å². The zero-order valence-electron chi connectivity index (χ0n) is 11.1. The van der Waals surface area contributed by atoms with Gasteiger partial charge in [0.1, 0.15) is 12.4 Å². The molecule has 3 nitrogen and oxygen atoms in total. The summed E-state index contributed by atoms with van der Waals surface area (Å²) in [6.07, 6.45) is 0. The number of nitrogens with zero attached hydrogens (tertiary/aromatic N) is 1. The lowest BCUT2D eigenvalue weighted by atomic mass is 10.0. The number of halogens is 1. The lowest BCUT2D eigenvalue weighted by Crippen LogP contribution is -2.58. The molecule has 18 heavy (non-hydrogen) atoms. The fourth-order valence-corrected chi connectivity index (χ4v) is 2.65. The lowest BCUT2D eigenvalue weighted by molar-refractivity contribution is 0.0743. The van der Waals surface area contributed by atoms with Crippen molar-refractivity contribution in [3.05, 3.63) is 28.7 Å². The Morgan fingerprint density at radius 2 is 2.28 bits per heavy atom. The van der Waals surface area contributed by atoms with E-state index in [1.807, 2.05) is 24.3 Å². The molecule has 1 aromatic carbocycles. The first-order valence-electron chi connectivity index (χ1n) is 6.42. The Kier molecular flexibility index (Phi) is 4.65. The van der Waals surface area contributed by atoms with Gasteiger partial charge >= 0.3 is 0 Å². The molecule has 0 amide bonds. The summed E-state index contributed by atoms with van der Waals surface area (Å²) in [4.78, 5) is 2.49. The van der Waals surface area contributed by atoms with Gasteiger partial charge in [-0.05, 0) is 32.0 Å². The van der Waals surface area contributed by atoms with Crippen LogP contribution in [0.2, 0.25) is 0 Å². The van der Waals surface area contributed by atoms with E-state index in [0.717, 1.165) is 43.0 Å². The maximum atomic E-state index is 5.79. The molecule has 1 aromatic rings. The van der Waals surface area contributed by atoms with E-state index in [1.165, 1.54) is 0 Å². The summed E-state index contributed by atoms with van der Waals surface area (Å²) in [6.45, 7) is 9.47. The highest BCUT2D eigenvalue weighted by Gasteiger charge is 2.28. The van der Waals surface area contributed by atoms with Crippen LogP contribution in [0.15, 0.2) is 28.7 Å². The molecule has 0 unspecified atom stereocenters. The molecule has 1 aliphatic rings. The minimum absolute atomic E-state index is 0.221. The second-order valence-electron chi connectivity index (χ2n) is 5.28. The second kappa shape index (κ2) is 6.04. The molecule has 4 heteroatoms. The van der Waals surface area contributed by atoms with Crippen LogP contribution in [0.1, 0.15) is 13.8 Å². The summed E-state index contributed by atoms with van der Waals surface area (Å²) in [5.41, 5.74) is 0.221. The summed E-state index contributed by atoms with van der Waals surface area (Å²) in [5.74, 6) is 0.928. The lowest BCUT2D eigenvalue weighted by Gasteiger charge is -2.42. The third-order valence-corrected chi connectivity index (χ3v) is 3.89. The quantitative estimate of drug-likeness (QED) is 0.924. The summed E-state index contributed by atoms with van der Waals surface area (Å²) < 4.78 is 6.85. The van der Waals surface area contributed by atoms with Crippen LogP contribution in [0.3, 0.4) is 0 Å². The fourth-order valence-electron chi connectivity index (χ4n) is 2.27. The van der Waals surface area contributed by atoms with Crippen LogP contribution >= 0.6 is 15.9 Å². The molecule has 0 saturated carbocycles. The van der Waals surface area contributed by atoms with E-state index in [4.69, 9.17) is 4.74 Å². The van der Waals surface area contributed by atoms with Gasteiger partial charge in [-0.25, -0.2) is 0 Å². The van der Waals surface area contributed by atoms with E-state index < -0.39 is 0 Å². The van der Waals surface area contributed by atoms with Gasteiger partial charge in [0, 0.05) is 36.2 Å². The molecule has 0 spiro atoms. The molecule has 0 bridgehead atoms. The van der Waals surface area contributed by atoms with E-state index in [1.54, 1.807) is 0 Å². The topological polar surface area (TPSA) is 24.5 Å². The van der Waals surface area contributed by atoms with Gasteiger partial charge in [0.2, 0.25) is 0 Å². The normalized spacial score (nSPS) is 19.7. The van der Waals surface area contributed by atoms with Gasteiger partial charge in [-0.1, -0.05) is 22.0 Å². The van der Waals surface area contributed by atoms with Crippen molar-refractivity contribution in [1.82, 2.24) is 10.2 Å². The predicted molar refractivity (Wildman–Crippen MR) is 78.2 cm³/mol. The molecule has 1 fully saturated rings. The average Bonchev–Trinajstić information content (AvgIpc) is 2.31. The van der Waals surface area contributed by atoms with E-state index >= 15 is 0 Å². The molecule has 100 valence electrons. The molecule has 1 N–H and O–H groups in total. The molecule has 2 rings (SSSR count). The van der Waals surface area contributed by atoms with E-state index in [0.29, 0.717) is 0 Å². The Morgan fingerprint density at radius 1 is 1.44 bits per heavy atom. The predicted octanol–water partition coefficient (Wildman–Crippen LogP) is 2.51. The molecular weight excluding hydrogens is 292 g/mol. The van der Waals surface area contributed by atoms with Crippen molar-refractivity contribution in [3.63, 3.8) is 0 Å². The van der Waals surface area contributed by atoms with Crippen molar-refractivity contribution in [2.24, 2.45) is 0 Å². The molecule has 0 radical (unpaired) electrons. The maximum Gasteiger partial charge on any atom is 0.120 e. The zero-order chi connectivity index (χ0) is 13.0. The third-order valence-electron chi connectivity index (χ3n) is 3.40. The van der Waals surface area contributed by atoms with Gasteiger partial charge in [0.25, 0.3) is 0 Å². The van der Waals surface area contributed by atoms with Crippen LogP contribution in [0.4, 0.5) is 0 Å². The Morgan fingerprint density at radius 3 is 3.00 bits per heavy atom. The number of rotatable bonds is 4. The number of piperazine rings is 1. The summed E-state index contributed by atoms with van der Waals surface area (Å²) in [6, 6.07) is 8.00. The van der Waals surface area contributed by atoms with Crippen molar-refractivity contribution in [2.75, 3.05) is 32.8 Å². The summed E-state index contributed by atoms with van der Waals surface area (Å²) in [7, 11) is 0. The number of benzene rings is 1. The second-order valence-corrected chi connectivity index (χ2v) is 6.20. The van der Waals surface area contributed by atoms with Crippen molar-refractivity contribution in [2.45, 2.75) is 19.4 Å². The van der Waals surface area contributed by atoms with Crippen molar-refractivity contribution in [3.8, 4) is 5.75 Å². The largest absolute Gasteiger partial charge is 0.492 e. The number of ether oxygens (including phenoxy) is 1. The van der Waals surface area contributed by atoms with E-state index in [-0.39, 0.29) is 5.54 Å². The van der Waals surface area contributed by atoms with Gasteiger partial charge in [0.15, 0.2) is 0 Å². The minimum Gasteiger partial charge on any atom is -0.492 e. The molecular formula is C14H21BrN2O. The van der Waals surface area contributed by atoms with Gasteiger partial charge < -0.3 is 10.1 Å². The van der Waals surface area contributed by atoms with Gasteiger partial charge in [-0.2, -0.15) is 0 Å². The van der Waals surface area contributed by atoms with Crippen LogP contribution in [0.5, 0.6) is 5.75 Å². The highest BCUT2D eigenvalue weighted by molar-refractivity contribution is 9.10. The molecule has 0 atom stereocenters. The fraction of sp³-hybridized carbons (Fsp3) is 0.571. The highest BCUT2D eigenvalue weighted by atomic mass is 79.9. The molecule has 1 heterocycles. The summed E-state index contributed by atoms with van der Waals surface area (Å²) in [5, 5.41) is 3.43. The van der Waals surface area contributed by atoms with Gasteiger partial charge in [0.05, 0.1) is 0 Å². The van der Waals surface area contributed by atoms with Crippen LogP contribution in [0.25, 0.3) is 0 Å². The standard InChI is InChI=1S/C14H21BrN2O/c1-14(2)11-16-6-7-17(14)8-9-18-13-5-3-4-12(15)10-13/h3-5,10,16H,6-9,11H2,1-2H3. The van der Waals surface area contributed by atoms with Gasteiger partial charge in [-0.3, -0.25) is 4.90 Å². The molecule has 1 saturated heterocycles. The van der Waals surface area contributed by atoms with Crippen LogP contribution < -0.4 is 10.1 Å². The average molecular weight is 313 g/mol. The van der Waals surface area contributed by atoms with Crippen molar-refractivity contribution >= 4 is 15.9 Å². The van der Waals surface area contributed by atoms with Gasteiger partial charge in [-0.15, -0.1) is 0 Å². The third kappa shape index (κ3) is 3.70. The number of hydrogen-bond acceptors (Lipinski definition) is 3. The summed E-state index contributed by atoms with van der Waals surface area (Å²) >= 11 is 3.45. The Bertz CT molecular complexity index is 395. The van der Waals surface area contributed by atoms with Crippen molar-refractivity contribution in [1.29, 1.82) is 0 Å². The number of hydrogen-bond donors (Lipinski definition) is 1. The molecule has 0 aromatic heterocycles. The number of nitrogens with one attached hydrogen (secondary N) is 1. The maximum absolute atomic E-state index is 5.79. The monoisotopic (exact) mass is 312 g/mol. The van der Waals surface area contributed by atoms with Crippen LogP contribution in [-0.4, -0.2) is 43.2 Å². The molecule has 0 aliphatic carbocycles. The Labute approximate surface area is 118 Å². The minimum atomic E-state index is 0.221. The van der Waals surface area contributed by atoms with Crippen LogP contribution in [-0.2, 0) is 0 Å². The Balaban J connectivity index is 1.81. The Hall–Kier alpha value is -0.580. The van der Waals surface area contributed by atoms with Crippen LogP contribution in [0, 0.1) is 0 Å². The highest BCUT2D eigenvalue weighted by Crippen LogP contribution is 2.19. The first-order valence-corrected chi connectivity index (χ1v) is 7.21.